The van der Waals surface area contributed by atoms with E-state index in [2.05, 4.69) is 10.3 Å². The number of fused-ring (bicyclic) bond motifs is 1. The van der Waals surface area contributed by atoms with Crippen LogP contribution in [0.1, 0.15) is 17.2 Å². The summed E-state index contributed by atoms with van der Waals surface area (Å²) in [5, 5.41) is 3.81. The van der Waals surface area contributed by atoms with Gasteiger partial charge in [0.15, 0.2) is 11.5 Å². The quantitative estimate of drug-likeness (QED) is 0.933. The minimum Gasteiger partial charge on any atom is -0.454 e. The van der Waals surface area contributed by atoms with Gasteiger partial charge in [0.05, 0.1) is 17.8 Å². The van der Waals surface area contributed by atoms with E-state index in [-0.39, 0.29) is 6.79 Å². The van der Waals surface area contributed by atoms with Crippen LogP contribution in [0.25, 0.3) is 0 Å². The lowest BCUT2D eigenvalue weighted by atomic mass is 10.2. The zero-order chi connectivity index (χ0) is 13.2. The van der Waals surface area contributed by atoms with Crippen LogP contribution < -0.4 is 14.8 Å². The minimum absolute atomic E-state index is 0.224. The third-order valence-corrected chi connectivity index (χ3v) is 3.04. The molecule has 0 aliphatic carbocycles. The van der Waals surface area contributed by atoms with Crippen LogP contribution in [0.3, 0.4) is 0 Å². The lowest BCUT2D eigenvalue weighted by molar-refractivity contribution is 0.174. The van der Waals surface area contributed by atoms with Gasteiger partial charge in [-0.2, -0.15) is 0 Å². The van der Waals surface area contributed by atoms with Crippen LogP contribution in [0.15, 0.2) is 22.7 Å². The van der Waals surface area contributed by atoms with Crippen LogP contribution >= 0.6 is 11.6 Å². The Kier molecular flexibility index (Phi) is 3.31. The Labute approximate surface area is 115 Å². The van der Waals surface area contributed by atoms with Crippen molar-refractivity contribution in [1.82, 2.24) is 10.3 Å². The number of aryl methyl sites for hydroxylation is 1. The molecule has 0 amide bonds. The highest BCUT2D eigenvalue weighted by atomic mass is 35.5. The second-order valence-corrected chi connectivity index (χ2v) is 4.69. The number of nitrogens with one attached hydrogen (secondary N) is 1. The molecule has 0 spiro atoms. The molecule has 0 saturated heterocycles. The Morgan fingerprint density at radius 3 is 3.00 bits per heavy atom. The summed E-state index contributed by atoms with van der Waals surface area (Å²) < 4.78 is 16.0. The first-order valence-electron chi connectivity index (χ1n) is 5.92. The van der Waals surface area contributed by atoms with Crippen molar-refractivity contribution in [2.75, 3.05) is 6.79 Å². The van der Waals surface area contributed by atoms with Gasteiger partial charge in [-0.05, 0) is 24.6 Å². The molecule has 0 saturated carbocycles. The second kappa shape index (κ2) is 5.11. The first-order valence-corrected chi connectivity index (χ1v) is 6.30. The molecule has 1 aromatic carbocycles. The number of oxazole rings is 1. The molecule has 5 nitrogen and oxygen atoms in total. The van der Waals surface area contributed by atoms with E-state index in [1.54, 1.807) is 6.20 Å². The Morgan fingerprint density at radius 1 is 1.32 bits per heavy atom. The van der Waals surface area contributed by atoms with Gasteiger partial charge in [-0.25, -0.2) is 4.98 Å². The molecule has 0 fully saturated rings. The molecule has 1 aliphatic heterocycles. The van der Waals surface area contributed by atoms with Crippen LogP contribution in [0.2, 0.25) is 5.02 Å². The van der Waals surface area contributed by atoms with Crippen LogP contribution in [0, 0.1) is 6.92 Å². The number of rotatable bonds is 4. The number of hydrogen-bond donors (Lipinski definition) is 1. The zero-order valence-corrected chi connectivity index (χ0v) is 11.2. The van der Waals surface area contributed by atoms with Gasteiger partial charge >= 0.3 is 0 Å². The van der Waals surface area contributed by atoms with Crippen molar-refractivity contribution in [2.24, 2.45) is 0 Å². The molecule has 100 valence electrons. The molecule has 1 aromatic heterocycles. The minimum atomic E-state index is 0.224. The maximum Gasteiger partial charge on any atom is 0.231 e. The molecule has 0 radical (unpaired) electrons. The van der Waals surface area contributed by atoms with Crippen LogP contribution in [0.4, 0.5) is 0 Å². The topological polar surface area (TPSA) is 56.5 Å². The summed E-state index contributed by atoms with van der Waals surface area (Å²) in [7, 11) is 0. The van der Waals surface area contributed by atoms with E-state index in [9.17, 15) is 0 Å². The van der Waals surface area contributed by atoms with Crippen molar-refractivity contribution < 1.29 is 13.9 Å². The lowest BCUT2D eigenvalue weighted by Gasteiger charge is -2.05. The summed E-state index contributed by atoms with van der Waals surface area (Å²) in [6.07, 6.45) is 1.70. The first kappa shape index (κ1) is 12.3. The number of hydrogen-bond acceptors (Lipinski definition) is 5. The third kappa shape index (κ3) is 2.67. The standard InChI is InChI=1S/C13H13ClN2O3/c1-8-4-16-12(19-8)6-15-5-9-2-10(14)13-11(3-9)17-7-18-13/h2-4,15H,5-7H2,1H3. The summed E-state index contributed by atoms with van der Waals surface area (Å²) in [4.78, 5) is 4.12. The predicted octanol–water partition coefficient (Wildman–Crippen LogP) is 2.65. The van der Waals surface area contributed by atoms with E-state index in [4.69, 9.17) is 25.5 Å². The summed E-state index contributed by atoms with van der Waals surface area (Å²) in [6, 6.07) is 3.78. The van der Waals surface area contributed by atoms with Crippen molar-refractivity contribution in [3.63, 3.8) is 0 Å². The molecule has 1 N–H and O–H groups in total. The largest absolute Gasteiger partial charge is 0.454 e. The van der Waals surface area contributed by atoms with Gasteiger partial charge < -0.3 is 19.2 Å². The number of ether oxygens (including phenoxy) is 2. The fourth-order valence-electron chi connectivity index (χ4n) is 1.92. The Morgan fingerprint density at radius 2 is 2.21 bits per heavy atom. The van der Waals surface area contributed by atoms with Crippen molar-refractivity contribution in [3.8, 4) is 11.5 Å². The van der Waals surface area contributed by atoms with E-state index in [0.717, 1.165) is 11.3 Å². The van der Waals surface area contributed by atoms with Crippen molar-refractivity contribution in [3.05, 3.63) is 40.6 Å². The molecule has 2 aromatic rings. The number of benzene rings is 1. The Hall–Kier alpha value is -1.72. The molecule has 0 atom stereocenters. The predicted molar refractivity (Wildman–Crippen MR) is 69.4 cm³/mol. The monoisotopic (exact) mass is 280 g/mol. The average Bonchev–Trinajstić information content (AvgIpc) is 2.98. The van der Waals surface area contributed by atoms with Gasteiger partial charge in [-0.1, -0.05) is 11.6 Å². The molecule has 1 aliphatic rings. The maximum absolute atomic E-state index is 6.11. The van der Waals surface area contributed by atoms with Crippen molar-refractivity contribution >= 4 is 11.6 Å². The molecule has 3 rings (SSSR count). The molecule has 0 unspecified atom stereocenters. The van der Waals surface area contributed by atoms with E-state index in [1.807, 2.05) is 19.1 Å². The number of aromatic nitrogens is 1. The fourth-order valence-corrected chi connectivity index (χ4v) is 2.21. The summed E-state index contributed by atoms with van der Waals surface area (Å²) in [5.41, 5.74) is 1.03. The highest BCUT2D eigenvalue weighted by Crippen LogP contribution is 2.39. The van der Waals surface area contributed by atoms with Gasteiger partial charge in [-0.3, -0.25) is 0 Å². The van der Waals surface area contributed by atoms with E-state index < -0.39 is 0 Å². The summed E-state index contributed by atoms with van der Waals surface area (Å²) >= 11 is 6.11. The highest BCUT2D eigenvalue weighted by molar-refractivity contribution is 6.32. The highest BCUT2D eigenvalue weighted by Gasteiger charge is 2.18. The molecule has 2 heterocycles. The summed E-state index contributed by atoms with van der Waals surface area (Å²) in [6.45, 7) is 3.31. The van der Waals surface area contributed by atoms with Gasteiger partial charge in [-0.15, -0.1) is 0 Å². The third-order valence-electron chi connectivity index (χ3n) is 2.76. The second-order valence-electron chi connectivity index (χ2n) is 4.28. The van der Waals surface area contributed by atoms with Gasteiger partial charge in [0.2, 0.25) is 12.7 Å². The van der Waals surface area contributed by atoms with Crippen molar-refractivity contribution in [2.45, 2.75) is 20.0 Å². The van der Waals surface area contributed by atoms with E-state index in [0.29, 0.717) is 35.5 Å². The van der Waals surface area contributed by atoms with E-state index in [1.165, 1.54) is 0 Å². The van der Waals surface area contributed by atoms with Crippen molar-refractivity contribution in [1.29, 1.82) is 0 Å². The molecule has 6 heteroatoms. The average molecular weight is 281 g/mol. The van der Waals surface area contributed by atoms with Gasteiger partial charge in [0.1, 0.15) is 5.76 Å². The van der Waals surface area contributed by atoms with Crippen LogP contribution in [-0.4, -0.2) is 11.8 Å². The van der Waals surface area contributed by atoms with Gasteiger partial charge in [0, 0.05) is 6.54 Å². The molecular weight excluding hydrogens is 268 g/mol. The maximum atomic E-state index is 6.11. The molecule has 19 heavy (non-hydrogen) atoms. The SMILES string of the molecule is Cc1cnc(CNCc2cc(Cl)c3c(c2)OCO3)o1. The van der Waals surface area contributed by atoms with Gasteiger partial charge in [0.25, 0.3) is 0 Å². The fraction of sp³-hybridized carbons (Fsp3) is 0.308. The zero-order valence-electron chi connectivity index (χ0n) is 10.4. The Balaban J connectivity index is 1.63. The molecular formula is C13H13ClN2O3. The molecule has 0 bridgehead atoms. The smallest absolute Gasteiger partial charge is 0.231 e. The normalized spacial score (nSPS) is 12.9. The first-order chi connectivity index (χ1) is 9.22. The summed E-state index contributed by atoms with van der Waals surface area (Å²) in [5.74, 6) is 2.79. The van der Waals surface area contributed by atoms with Crippen LogP contribution in [-0.2, 0) is 13.1 Å². The lowest BCUT2D eigenvalue weighted by Crippen LogP contribution is -2.12. The van der Waals surface area contributed by atoms with E-state index >= 15 is 0 Å². The Bertz CT molecular complexity index is 598. The van der Waals surface area contributed by atoms with Crippen LogP contribution in [0.5, 0.6) is 11.5 Å². The number of nitrogens with zero attached hydrogens (tertiary/aromatic N) is 1. The number of halogens is 1.